The number of amides is 1. The number of methoxy groups -OCH3 is 1. The number of rotatable bonds is 5. The minimum atomic E-state index is 0.0538. The van der Waals surface area contributed by atoms with Crippen molar-refractivity contribution in [3.8, 4) is 5.75 Å². The predicted octanol–water partition coefficient (Wildman–Crippen LogP) is 4.26. The predicted molar refractivity (Wildman–Crippen MR) is 99.0 cm³/mol. The fourth-order valence-electron chi connectivity index (χ4n) is 2.99. The number of halogens is 1. The Morgan fingerprint density at radius 2 is 2.04 bits per heavy atom. The minimum Gasteiger partial charge on any atom is -0.495 e. The highest BCUT2D eigenvalue weighted by atomic mass is 35.5. The Morgan fingerprint density at radius 1 is 1.29 bits per heavy atom. The van der Waals surface area contributed by atoms with Crippen LogP contribution < -0.4 is 10.1 Å². The Labute approximate surface area is 151 Å². The smallest absolute Gasteiger partial charge is 0.227 e. The van der Waals surface area contributed by atoms with Gasteiger partial charge < -0.3 is 10.1 Å². The van der Waals surface area contributed by atoms with Gasteiger partial charge in [-0.05, 0) is 50.2 Å². The number of likely N-dealkylation sites (tertiary alicyclic amines) is 1. The van der Waals surface area contributed by atoms with E-state index in [0.717, 1.165) is 42.5 Å². The quantitative estimate of drug-likeness (QED) is 0.861. The van der Waals surface area contributed by atoms with Gasteiger partial charge in [-0.2, -0.15) is 0 Å². The molecule has 1 aromatic heterocycles. The van der Waals surface area contributed by atoms with Crippen LogP contribution in [-0.4, -0.2) is 31.0 Å². The molecule has 1 amide bonds. The van der Waals surface area contributed by atoms with Crippen molar-refractivity contribution in [2.45, 2.75) is 19.4 Å². The maximum atomic E-state index is 12.5. The molecular weight excluding hydrogens is 344 g/mol. The van der Waals surface area contributed by atoms with Gasteiger partial charge in [0.1, 0.15) is 5.75 Å². The molecular formula is C18H21ClN2O2S. The second-order valence-electron chi connectivity index (χ2n) is 5.95. The summed E-state index contributed by atoms with van der Waals surface area (Å²) in [6.07, 6.45) is 1.75. The van der Waals surface area contributed by atoms with Crippen LogP contribution in [0.3, 0.4) is 0 Å². The number of benzene rings is 1. The molecule has 4 nitrogen and oxygen atoms in total. The number of hydrogen-bond donors (Lipinski definition) is 1. The molecule has 2 aromatic rings. The number of ether oxygens (including phenoxy) is 1. The molecule has 1 fully saturated rings. The summed E-state index contributed by atoms with van der Waals surface area (Å²) in [4.78, 5) is 16.2. The standard InChI is InChI=1S/C18H21ClN2O2S/c1-23-16-5-3-2-4-15(16)20-18(22)13-8-10-21(11-9-13)12-14-6-7-17(19)24-14/h2-7,13H,8-12H2,1H3,(H,20,22). The summed E-state index contributed by atoms with van der Waals surface area (Å²) in [6, 6.07) is 11.5. The maximum absolute atomic E-state index is 12.5. The first-order valence-corrected chi connectivity index (χ1v) is 9.25. The fraction of sp³-hybridized carbons (Fsp3) is 0.389. The second kappa shape index (κ2) is 8.01. The lowest BCUT2D eigenvalue weighted by molar-refractivity contribution is -0.121. The normalized spacial score (nSPS) is 16.1. The van der Waals surface area contributed by atoms with E-state index in [-0.39, 0.29) is 11.8 Å². The van der Waals surface area contributed by atoms with Gasteiger partial charge in [0, 0.05) is 17.3 Å². The second-order valence-corrected chi connectivity index (χ2v) is 7.75. The van der Waals surface area contributed by atoms with Gasteiger partial charge in [-0.1, -0.05) is 23.7 Å². The number of nitrogens with zero attached hydrogens (tertiary/aromatic N) is 1. The number of nitrogens with one attached hydrogen (secondary N) is 1. The van der Waals surface area contributed by atoms with Crippen LogP contribution in [0.1, 0.15) is 17.7 Å². The number of carbonyl (C=O) groups excluding carboxylic acids is 1. The molecule has 1 saturated heterocycles. The topological polar surface area (TPSA) is 41.6 Å². The lowest BCUT2D eigenvalue weighted by Gasteiger charge is -2.31. The number of thiophene rings is 1. The molecule has 0 bridgehead atoms. The van der Waals surface area contributed by atoms with Crippen molar-refractivity contribution in [3.05, 3.63) is 45.6 Å². The monoisotopic (exact) mass is 364 g/mol. The summed E-state index contributed by atoms with van der Waals surface area (Å²) >= 11 is 7.61. The highest BCUT2D eigenvalue weighted by Crippen LogP contribution is 2.27. The van der Waals surface area contributed by atoms with Gasteiger partial charge in [0.2, 0.25) is 5.91 Å². The molecule has 1 aliphatic heterocycles. The van der Waals surface area contributed by atoms with E-state index in [4.69, 9.17) is 16.3 Å². The number of hydrogen-bond acceptors (Lipinski definition) is 4. The van der Waals surface area contributed by atoms with Gasteiger partial charge in [-0.15, -0.1) is 11.3 Å². The molecule has 1 aliphatic rings. The number of para-hydroxylation sites is 2. The van der Waals surface area contributed by atoms with Gasteiger partial charge in [-0.3, -0.25) is 9.69 Å². The van der Waals surface area contributed by atoms with Crippen LogP contribution in [0, 0.1) is 5.92 Å². The molecule has 6 heteroatoms. The van der Waals surface area contributed by atoms with Crippen LogP contribution >= 0.6 is 22.9 Å². The Morgan fingerprint density at radius 3 is 2.71 bits per heavy atom. The van der Waals surface area contributed by atoms with Crippen molar-refractivity contribution in [1.82, 2.24) is 4.90 Å². The molecule has 0 spiro atoms. The summed E-state index contributed by atoms with van der Waals surface area (Å²) in [7, 11) is 1.61. The zero-order chi connectivity index (χ0) is 16.9. The molecule has 0 radical (unpaired) electrons. The summed E-state index contributed by atoms with van der Waals surface area (Å²) in [5.41, 5.74) is 0.737. The highest BCUT2D eigenvalue weighted by Gasteiger charge is 2.25. The Bertz CT molecular complexity index is 696. The van der Waals surface area contributed by atoms with Gasteiger partial charge in [-0.25, -0.2) is 0 Å². The van der Waals surface area contributed by atoms with Crippen LogP contribution in [0.5, 0.6) is 5.75 Å². The largest absolute Gasteiger partial charge is 0.495 e. The average Bonchev–Trinajstić information content (AvgIpc) is 3.01. The third-order valence-electron chi connectivity index (χ3n) is 4.33. The summed E-state index contributed by atoms with van der Waals surface area (Å²) in [5.74, 6) is 0.828. The van der Waals surface area contributed by atoms with Gasteiger partial charge in [0.15, 0.2) is 0 Å². The van der Waals surface area contributed by atoms with Crippen molar-refractivity contribution >= 4 is 34.5 Å². The first-order chi connectivity index (χ1) is 11.7. The lowest BCUT2D eigenvalue weighted by Crippen LogP contribution is -2.37. The molecule has 0 atom stereocenters. The van der Waals surface area contributed by atoms with E-state index in [1.165, 1.54) is 4.88 Å². The van der Waals surface area contributed by atoms with Crippen molar-refractivity contribution in [1.29, 1.82) is 0 Å². The van der Waals surface area contributed by atoms with Crippen LogP contribution in [0.4, 0.5) is 5.69 Å². The first kappa shape index (κ1) is 17.3. The van der Waals surface area contributed by atoms with Crippen LogP contribution in [0.15, 0.2) is 36.4 Å². The van der Waals surface area contributed by atoms with Crippen LogP contribution in [0.2, 0.25) is 4.34 Å². The van der Waals surface area contributed by atoms with E-state index in [0.29, 0.717) is 5.75 Å². The summed E-state index contributed by atoms with van der Waals surface area (Å²) in [5, 5.41) is 3.00. The molecule has 1 N–H and O–H groups in total. The van der Waals surface area contributed by atoms with E-state index >= 15 is 0 Å². The van der Waals surface area contributed by atoms with Crippen molar-refractivity contribution in [2.24, 2.45) is 5.92 Å². The van der Waals surface area contributed by atoms with Crippen molar-refractivity contribution < 1.29 is 9.53 Å². The number of anilines is 1. The van der Waals surface area contributed by atoms with E-state index in [1.54, 1.807) is 18.4 Å². The molecule has 0 saturated carbocycles. The van der Waals surface area contributed by atoms with Crippen LogP contribution in [0.25, 0.3) is 0 Å². The summed E-state index contributed by atoms with van der Waals surface area (Å²) < 4.78 is 6.12. The van der Waals surface area contributed by atoms with Crippen LogP contribution in [-0.2, 0) is 11.3 Å². The third-order valence-corrected chi connectivity index (χ3v) is 5.55. The van der Waals surface area contributed by atoms with E-state index in [2.05, 4.69) is 16.3 Å². The van der Waals surface area contributed by atoms with E-state index in [1.807, 2.05) is 30.3 Å². The van der Waals surface area contributed by atoms with Crippen molar-refractivity contribution in [2.75, 3.05) is 25.5 Å². The Kier molecular flexibility index (Phi) is 5.76. The molecule has 3 rings (SSSR count). The Hall–Kier alpha value is -1.56. The number of piperidine rings is 1. The molecule has 24 heavy (non-hydrogen) atoms. The molecule has 0 unspecified atom stereocenters. The molecule has 128 valence electrons. The van der Waals surface area contributed by atoms with E-state index < -0.39 is 0 Å². The van der Waals surface area contributed by atoms with Gasteiger partial charge >= 0.3 is 0 Å². The van der Waals surface area contributed by atoms with Crippen molar-refractivity contribution in [3.63, 3.8) is 0 Å². The molecule has 0 aliphatic carbocycles. The Balaban J connectivity index is 1.51. The fourth-order valence-corrected chi connectivity index (χ4v) is 4.12. The highest BCUT2D eigenvalue weighted by molar-refractivity contribution is 7.16. The molecule has 2 heterocycles. The molecule has 1 aromatic carbocycles. The summed E-state index contributed by atoms with van der Waals surface area (Å²) in [6.45, 7) is 2.78. The van der Waals surface area contributed by atoms with E-state index in [9.17, 15) is 4.79 Å². The average molecular weight is 365 g/mol. The maximum Gasteiger partial charge on any atom is 0.227 e. The SMILES string of the molecule is COc1ccccc1NC(=O)C1CCN(Cc2ccc(Cl)s2)CC1. The lowest BCUT2D eigenvalue weighted by atomic mass is 9.95. The zero-order valence-corrected chi connectivity index (χ0v) is 15.2. The third kappa shape index (κ3) is 4.29. The minimum absolute atomic E-state index is 0.0538. The first-order valence-electron chi connectivity index (χ1n) is 8.06. The zero-order valence-electron chi connectivity index (χ0n) is 13.6. The van der Waals surface area contributed by atoms with Gasteiger partial charge in [0.25, 0.3) is 0 Å². The van der Waals surface area contributed by atoms with Gasteiger partial charge in [0.05, 0.1) is 17.1 Å². The number of carbonyl (C=O) groups is 1.